The lowest BCUT2D eigenvalue weighted by molar-refractivity contribution is -0.161. The molecular weight excluding hydrogens is 1230 g/mol. The summed E-state index contributed by atoms with van der Waals surface area (Å²) in [5, 5.41) is 10.6. The minimum absolute atomic E-state index is 0.0654. The molecule has 0 aromatic rings. The van der Waals surface area contributed by atoms with Crippen LogP contribution in [0.3, 0.4) is 0 Å². The Morgan fingerprint density at radius 3 is 0.851 bits per heavy atom. The third-order valence-electron chi connectivity index (χ3n) is 16.1. The maximum Gasteiger partial charge on any atom is 0.472 e. The smallest absolute Gasteiger partial charge is 0.462 e. The highest BCUT2D eigenvalue weighted by Gasteiger charge is 2.30. The maximum atomic E-state index is 13.0. The van der Waals surface area contributed by atoms with Crippen LogP contribution in [0.25, 0.3) is 0 Å². The number of phosphoric ester groups is 2. The van der Waals surface area contributed by atoms with E-state index in [-0.39, 0.29) is 25.7 Å². The van der Waals surface area contributed by atoms with E-state index in [0.29, 0.717) is 25.7 Å². The molecule has 0 aliphatic carbocycles. The summed E-state index contributed by atoms with van der Waals surface area (Å²) in [6, 6.07) is 0. The average molecular weight is 1370 g/mol. The Morgan fingerprint density at radius 1 is 0.309 bits per heavy atom. The fourth-order valence-electron chi connectivity index (χ4n) is 10.4. The molecule has 17 nitrogen and oxygen atoms in total. The minimum atomic E-state index is -4.98. The third-order valence-corrected chi connectivity index (χ3v) is 18.0. The van der Waals surface area contributed by atoms with Gasteiger partial charge in [0.05, 0.1) is 32.8 Å². The van der Waals surface area contributed by atoms with E-state index < -0.39 is 97.5 Å². The number of unbranched alkanes of at least 4 members (excludes halogenated alkanes) is 36. The Labute approximate surface area is 571 Å². The Bertz CT molecular complexity index is 2030. The first-order chi connectivity index (χ1) is 45.7. The second-order valence-corrected chi connectivity index (χ2v) is 28.2. The lowest BCUT2D eigenvalue weighted by Gasteiger charge is -2.21. The quantitative estimate of drug-likeness (QED) is 0.0169. The second kappa shape index (κ2) is 68.3. The van der Waals surface area contributed by atoms with Gasteiger partial charge in [0.1, 0.15) is 19.3 Å². The van der Waals surface area contributed by atoms with E-state index in [4.69, 9.17) is 37.0 Å². The van der Waals surface area contributed by atoms with E-state index in [1.807, 2.05) is 18.2 Å². The molecule has 5 atom stereocenters. The van der Waals surface area contributed by atoms with Crippen molar-refractivity contribution in [3.63, 3.8) is 0 Å². The van der Waals surface area contributed by atoms with Crippen molar-refractivity contribution >= 4 is 39.5 Å². The van der Waals surface area contributed by atoms with E-state index in [0.717, 1.165) is 96.3 Å². The van der Waals surface area contributed by atoms with Crippen molar-refractivity contribution in [3.8, 4) is 0 Å². The Kier molecular flexibility index (Phi) is 65.9. The number of aliphatic hydroxyl groups excluding tert-OH is 1. The molecule has 94 heavy (non-hydrogen) atoms. The predicted octanol–water partition coefficient (Wildman–Crippen LogP) is 21.1. The highest BCUT2D eigenvalue weighted by atomic mass is 31.2. The van der Waals surface area contributed by atoms with E-state index >= 15 is 0 Å². The predicted molar refractivity (Wildman–Crippen MR) is 381 cm³/mol. The first-order valence-electron chi connectivity index (χ1n) is 37.5. The summed E-state index contributed by atoms with van der Waals surface area (Å²) in [5.74, 6) is -2.29. The Morgan fingerprint density at radius 2 is 0.553 bits per heavy atom. The second-order valence-electron chi connectivity index (χ2n) is 25.3. The van der Waals surface area contributed by atoms with E-state index in [1.165, 1.54) is 161 Å². The minimum Gasteiger partial charge on any atom is -0.462 e. The van der Waals surface area contributed by atoms with Crippen LogP contribution in [0, 0.1) is 0 Å². The van der Waals surface area contributed by atoms with Crippen LogP contribution in [-0.2, 0) is 65.4 Å². The monoisotopic (exact) mass is 1370 g/mol. The van der Waals surface area contributed by atoms with Crippen molar-refractivity contribution in [1.29, 1.82) is 0 Å². The number of rotatable bonds is 71. The van der Waals surface area contributed by atoms with Gasteiger partial charge in [0.25, 0.3) is 0 Å². The molecule has 0 saturated heterocycles. The van der Waals surface area contributed by atoms with Crippen molar-refractivity contribution in [2.75, 3.05) is 39.6 Å². The highest BCUT2D eigenvalue weighted by Crippen LogP contribution is 2.45. The third kappa shape index (κ3) is 67.3. The average Bonchev–Trinajstić information content (AvgIpc) is 1.36. The van der Waals surface area contributed by atoms with Gasteiger partial charge in [-0.15, -0.1) is 0 Å². The molecule has 0 fully saturated rings. The van der Waals surface area contributed by atoms with Gasteiger partial charge in [-0.25, -0.2) is 9.13 Å². The number of carbonyl (C=O) groups is 4. The van der Waals surface area contributed by atoms with Crippen LogP contribution in [0.1, 0.15) is 336 Å². The van der Waals surface area contributed by atoms with Gasteiger partial charge < -0.3 is 33.8 Å². The molecule has 0 spiro atoms. The van der Waals surface area contributed by atoms with Gasteiger partial charge >= 0.3 is 39.5 Å². The van der Waals surface area contributed by atoms with E-state index in [2.05, 4.69) is 64.2 Å². The summed E-state index contributed by atoms with van der Waals surface area (Å²) in [6.07, 6.45) is 65.3. The molecule has 0 aliphatic heterocycles. The molecule has 0 amide bonds. The maximum absolute atomic E-state index is 13.0. The molecule has 0 aromatic heterocycles. The number of aliphatic hydroxyl groups is 1. The molecule has 0 radical (unpaired) electrons. The van der Waals surface area contributed by atoms with Gasteiger partial charge in [-0.05, 0) is 51.4 Å². The molecular formula is C75H136O17P2. The van der Waals surface area contributed by atoms with Crippen molar-refractivity contribution in [3.05, 3.63) is 60.8 Å². The molecule has 19 heteroatoms. The van der Waals surface area contributed by atoms with Crippen molar-refractivity contribution < 1.29 is 80.2 Å². The SMILES string of the molecule is CC/C=C\C/C=C\C/C=C\C/C=C\C/C=C\CC(=O)OCC(COP(=O)(O)OCC(O)COP(=O)(O)OCC(COC(=O)CCCCCCCCCCCCCCC)OC(=O)CCCCCCCCCCCCC)OC(=O)CCCCCCCCCCCCCCCCC. The number of allylic oxidation sites excluding steroid dienone is 9. The first-order valence-corrected chi connectivity index (χ1v) is 40.5. The van der Waals surface area contributed by atoms with Crippen molar-refractivity contribution in [2.45, 2.75) is 354 Å². The van der Waals surface area contributed by atoms with Crippen LogP contribution in [0.5, 0.6) is 0 Å². The molecule has 548 valence electrons. The van der Waals surface area contributed by atoms with Crippen LogP contribution in [0.2, 0.25) is 0 Å². The zero-order valence-electron chi connectivity index (χ0n) is 59.6. The van der Waals surface area contributed by atoms with Crippen LogP contribution in [-0.4, -0.2) is 96.7 Å². The van der Waals surface area contributed by atoms with Crippen LogP contribution in [0.15, 0.2) is 60.8 Å². The van der Waals surface area contributed by atoms with Gasteiger partial charge in [0.15, 0.2) is 12.2 Å². The van der Waals surface area contributed by atoms with Gasteiger partial charge in [-0.1, -0.05) is 320 Å². The number of esters is 4. The lowest BCUT2D eigenvalue weighted by Crippen LogP contribution is -2.30. The van der Waals surface area contributed by atoms with Crippen LogP contribution < -0.4 is 0 Å². The molecule has 0 heterocycles. The van der Waals surface area contributed by atoms with Gasteiger partial charge in [0.2, 0.25) is 0 Å². The fourth-order valence-corrected chi connectivity index (χ4v) is 11.9. The van der Waals surface area contributed by atoms with Crippen LogP contribution in [0.4, 0.5) is 0 Å². The van der Waals surface area contributed by atoms with Crippen LogP contribution >= 0.6 is 15.6 Å². The van der Waals surface area contributed by atoms with Crippen molar-refractivity contribution in [2.24, 2.45) is 0 Å². The molecule has 0 saturated carbocycles. The number of carbonyl (C=O) groups excluding carboxylic acids is 4. The number of phosphoric acid groups is 2. The topological polar surface area (TPSA) is 237 Å². The summed E-state index contributed by atoms with van der Waals surface area (Å²) >= 11 is 0. The van der Waals surface area contributed by atoms with Gasteiger partial charge in [0, 0.05) is 19.3 Å². The molecule has 3 N–H and O–H groups in total. The molecule has 0 aromatic carbocycles. The van der Waals surface area contributed by atoms with E-state index in [1.54, 1.807) is 6.08 Å². The zero-order valence-corrected chi connectivity index (χ0v) is 61.4. The standard InChI is InChI=1S/C75H136O17P2/c1-5-9-13-17-21-25-29-32-34-37-41-44-48-52-56-60-73(78)86-66-71(92-75(80)62-58-54-50-46-42-38-35-33-30-26-22-18-14-10-6-2)68-90-94(83,84)88-64-69(76)63-87-93(81,82)89-67-70(91-74(79)61-57-53-49-45-39-28-24-20-16-12-8-4)65-85-72(77)59-55-51-47-43-40-36-31-27-23-19-15-11-7-3/h9,13,21,25,32,34,41,44,52,56,69-71,76H,5-8,10-12,14-20,22-24,26-31,33,35-40,42-43,45-51,53-55,57-68H2,1-4H3,(H,81,82)(H,83,84)/b13-9-,25-21-,34-32-,44-41-,56-52-. The van der Waals surface area contributed by atoms with Gasteiger partial charge in [-0.3, -0.25) is 37.3 Å². The highest BCUT2D eigenvalue weighted by molar-refractivity contribution is 7.47. The summed E-state index contributed by atoms with van der Waals surface area (Å²) in [6.45, 7) is 4.69. The summed E-state index contributed by atoms with van der Waals surface area (Å²) in [5.41, 5.74) is 0. The Balaban J connectivity index is 5.35. The van der Waals surface area contributed by atoms with Crippen molar-refractivity contribution in [1.82, 2.24) is 0 Å². The largest absolute Gasteiger partial charge is 0.472 e. The number of hydrogen-bond donors (Lipinski definition) is 3. The molecule has 0 rings (SSSR count). The summed E-state index contributed by atoms with van der Waals surface area (Å²) in [4.78, 5) is 72.6. The Hall–Kier alpha value is -3.24. The normalized spacial score (nSPS) is 14.3. The number of hydrogen-bond acceptors (Lipinski definition) is 15. The summed E-state index contributed by atoms with van der Waals surface area (Å²) < 4.78 is 68.3. The van der Waals surface area contributed by atoms with Gasteiger partial charge in [-0.2, -0.15) is 0 Å². The van der Waals surface area contributed by atoms with E-state index in [9.17, 15) is 43.2 Å². The lowest BCUT2D eigenvalue weighted by atomic mass is 10.0. The molecule has 5 unspecified atom stereocenters. The number of ether oxygens (including phenoxy) is 4. The summed E-state index contributed by atoms with van der Waals surface area (Å²) in [7, 11) is -9.95. The zero-order chi connectivity index (χ0) is 69.0. The molecule has 0 bridgehead atoms. The fraction of sp³-hybridized carbons (Fsp3) is 0.813. The molecule has 0 aliphatic rings. The first kappa shape index (κ1) is 90.8.